The van der Waals surface area contributed by atoms with Crippen LogP contribution in [0.1, 0.15) is 26.7 Å². The highest BCUT2D eigenvalue weighted by Gasteiger charge is 2.24. The van der Waals surface area contributed by atoms with Crippen molar-refractivity contribution >= 4 is 24.2 Å². The summed E-state index contributed by atoms with van der Waals surface area (Å²) in [5.74, 6) is -0.213. The Balaban J connectivity index is 0.00000225. The van der Waals surface area contributed by atoms with Crippen molar-refractivity contribution in [1.29, 1.82) is 0 Å². The first-order chi connectivity index (χ1) is 7.15. The molecule has 2 atom stereocenters. The van der Waals surface area contributed by atoms with Crippen molar-refractivity contribution in [3.05, 3.63) is 0 Å². The Morgan fingerprint density at radius 2 is 2.19 bits per heavy atom. The summed E-state index contributed by atoms with van der Waals surface area (Å²) in [5.41, 5.74) is 0. The van der Waals surface area contributed by atoms with Crippen LogP contribution in [0.15, 0.2) is 0 Å². The van der Waals surface area contributed by atoms with Gasteiger partial charge in [-0.15, -0.1) is 12.4 Å². The lowest BCUT2D eigenvalue weighted by Gasteiger charge is -2.16. The lowest BCUT2D eigenvalue weighted by Crippen LogP contribution is -2.50. The second kappa shape index (κ2) is 7.46. The molecule has 1 rings (SSSR count). The van der Waals surface area contributed by atoms with Crippen molar-refractivity contribution in [2.24, 2.45) is 0 Å². The molecule has 1 aliphatic rings. The molecular weight excluding hydrogens is 230 g/mol. The van der Waals surface area contributed by atoms with Crippen LogP contribution < -0.4 is 16.0 Å². The maximum absolute atomic E-state index is 11.6. The molecular formula is C10H20ClN3O2. The Kier molecular flexibility index (Phi) is 7.08. The smallest absolute Gasteiger partial charge is 0.242 e. The molecule has 5 nitrogen and oxygen atoms in total. The summed E-state index contributed by atoms with van der Waals surface area (Å²) < 4.78 is 0. The molecule has 0 saturated carbocycles. The number of carbonyl (C=O) groups excluding carboxylic acids is 2. The molecule has 2 unspecified atom stereocenters. The van der Waals surface area contributed by atoms with Gasteiger partial charge in [0, 0.05) is 6.54 Å². The largest absolute Gasteiger partial charge is 0.355 e. The van der Waals surface area contributed by atoms with Gasteiger partial charge >= 0.3 is 0 Å². The molecule has 1 saturated heterocycles. The molecule has 0 bridgehead atoms. The number of likely N-dealkylation sites (N-methyl/N-ethyl adjacent to an activating group) is 1. The molecule has 1 fully saturated rings. The van der Waals surface area contributed by atoms with Crippen molar-refractivity contribution in [2.75, 3.05) is 13.1 Å². The molecule has 1 aliphatic heterocycles. The molecule has 0 aromatic carbocycles. The molecule has 16 heavy (non-hydrogen) atoms. The van der Waals surface area contributed by atoms with Crippen molar-refractivity contribution in [2.45, 2.75) is 38.8 Å². The summed E-state index contributed by atoms with van der Waals surface area (Å²) in [7, 11) is 0. The van der Waals surface area contributed by atoms with Gasteiger partial charge < -0.3 is 16.0 Å². The first kappa shape index (κ1) is 15.2. The van der Waals surface area contributed by atoms with Gasteiger partial charge in [0.2, 0.25) is 11.8 Å². The average Bonchev–Trinajstić information content (AvgIpc) is 2.70. The Morgan fingerprint density at radius 3 is 2.69 bits per heavy atom. The zero-order chi connectivity index (χ0) is 11.3. The van der Waals surface area contributed by atoms with Gasteiger partial charge in [-0.25, -0.2) is 0 Å². The summed E-state index contributed by atoms with van der Waals surface area (Å²) in [6, 6.07) is -0.582. The molecule has 2 amide bonds. The molecule has 1 heterocycles. The van der Waals surface area contributed by atoms with Gasteiger partial charge in [0.25, 0.3) is 0 Å². The topological polar surface area (TPSA) is 70.2 Å². The SMILES string of the molecule is CCNC(=O)C(C)NC(=O)C1CCCN1.Cl. The van der Waals surface area contributed by atoms with Gasteiger partial charge in [0.15, 0.2) is 0 Å². The molecule has 0 aromatic heterocycles. The van der Waals surface area contributed by atoms with E-state index in [9.17, 15) is 9.59 Å². The number of rotatable bonds is 4. The van der Waals surface area contributed by atoms with E-state index in [0.29, 0.717) is 6.54 Å². The Labute approximate surface area is 102 Å². The monoisotopic (exact) mass is 249 g/mol. The summed E-state index contributed by atoms with van der Waals surface area (Å²) in [4.78, 5) is 23.0. The number of halogens is 1. The van der Waals surface area contributed by atoms with E-state index in [1.807, 2.05) is 6.92 Å². The predicted octanol–water partition coefficient (Wildman–Crippen LogP) is -0.199. The number of nitrogens with one attached hydrogen (secondary N) is 3. The van der Waals surface area contributed by atoms with E-state index in [4.69, 9.17) is 0 Å². The van der Waals surface area contributed by atoms with Gasteiger partial charge in [-0.2, -0.15) is 0 Å². The predicted molar refractivity (Wildman–Crippen MR) is 64.6 cm³/mol. The second-order valence-electron chi connectivity index (χ2n) is 3.77. The maximum atomic E-state index is 11.6. The van der Waals surface area contributed by atoms with Gasteiger partial charge in [0.05, 0.1) is 6.04 Å². The molecule has 0 aromatic rings. The van der Waals surface area contributed by atoms with Gasteiger partial charge in [-0.05, 0) is 33.2 Å². The standard InChI is InChI=1S/C10H19N3O2.ClH/c1-3-11-9(14)7(2)13-10(15)8-5-4-6-12-8;/h7-8,12H,3-6H2,1-2H3,(H,11,14)(H,13,15);1H. The number of hydrogen-bond acceptors (Lipinski definition) is 3. The fourth-order valence-electron chi connectivity index (χ4n) is 1.62. The molecule has 0 radical (unpaired) electrons. The van der Waals surface area contributed by atoms with E-state index in [-0.39, 0.29) is 30.3 Å². The van der Waals surface area contributed by atoms with Gasteiger partial charge in [0.1, 0.15) is 6.04 Å². The van der Waals surface area contributed by atoms with E-state index >= 15 is 0 Å². The van der Waals surface area contributed by atoms with Crippen LogP contribution in [0.5, 0.6) is 0 Å². The fraction of sp³-hybridized carbons (Fsp3) is 0.800. The lowest BCUT2D eigenvalue weighted by molar-refractivity contribution is -0.129. The third-order valence-electron chi connectivity index (χ3n) is 2.48. The first-order valence-electron chi connectivity index (χ1n) is 5.46. The van der Waals surface area contributed by atoms with Crippen molar-refractivity contribution in [1.82, 2.24) is 16.0 Å². The van der Waals surface area contributed by atoms with Crippen LogP contribution in [0.2, 0.25) is 0 Å². The summed E-state index contributed by atoms with van der Waals surface area (Å²) in [5, 5.41) is 8.45. The molecule has 94 valence electrons. The number of carbonyl (C=O) groups is 2. The Hall–Kier alpha value is -0.810. The van der Waals surface area contributed by atoms with Crippen molar-refractivity contribution in [3.8, 4) is 0 Å². The van der Waals surface area contributed by atoms with Crippen LogP contribution in [0.4, 0.5) is 0 Å². The quantitative estimate of drug-likeness (QED) is 0.646. The van der Waals surface area contributed by atoms with Crippen LogP contribution in [0, 0.1) is 0 Å². The highest BCUT2D eigenvalue weighted by molar-refractivity contribution is 5.89. The number of hydrogen-bond donors (Lipinski definition) is 3. The first-order valence-corrected chi connectivity index (χ1v) is 5.46. The summed E-state index contributed by atoms with van der Waals surface area (Å²) >= 11 is 0. The molecule has 6 heteroatoms. The summed E-state index contributed by atoms with van der Waals surface area (Å²) in [6.07, 6.45) is 1.88. The minimum Gasteiger partial charge on any atom is -0.355 e. The fourth-order valence-corrected chi connectivity index (χ4v) is 1.62. The highest BCUT2D eigenvalue weighted by Crippen LogP contribution is 2.04. The Bertz CT molecular complexity index is 242. The Morgan fingerprint density at radius 1 is 1.50 bits per heavy atom. The van der Waals surface area contributed by atoms with E-state index in [1.54, 1.807) is 6.92 Å². The van der Waals surface area contributed by atoms with Crippen LogP contribution in [-0.2, 0) is 9.59 Å². The minimum absolute atomic E-state index is 0. The number of amides is 2. The van der Waals surface area contributed by atoms with Crippen LogP contribution in [0.25, 0.3) is 0 Å². The second-order valence-corrected chi connectivity index (χ2v) is 3.77. The zero-order valence-electron chi connectivity index (χ0n) is 9.71. The van der Waals surface area contributed by atoms with E-state index in [0.717, 1.165) is 19.4 Å². The van der Waals surface area contributed by atoms with Crippen LogP contribution in [0.3, 0.4) is 0 Å². The molecule has 3 N–H and O–H groups in total. The van der Waals surface area contributed by atoms with Gasteiger partial charge in [-0.3, -0.25) is 9.59 Å². The van der Waals surface area contributed by atoms with E-state index in [2.05, 4.69) is 16.0 Å². The van der Waals surface area contributed by atoms with Gasteiger partial charge in [-0.1, -0.05) is 0 Å². The lowest BCUT2D eigenvalue weighted by atomic mass is 10.2. The normalized spacial score (nSPS) is 20.8. The van der Waals surface area contributed by atoms with Crippen molar-refractivity contribution in [3.63, 3.8) is 0 Å². The van der Waals surface area contributed by atoms with E-state index < -0.39 is 6.04 Å². The third kappa shape index (κ3) is 4.37. The van der Waals surface area contributed by atoms with Crippen LogP contribution >= 0.6 is 12.4 Å². The average molecular weight is 250 g/mol. The summed E-state index contributed by atoms with van der Waals surface area (Å²) in [6.45, 7) is 5.01. The van der Waals surface area contributed by atoms with E-state index in [1.165, 1.54) is 0 Å². The maximum Gasteiger partial charge on any atom is 0.242 e. The molecule has 0 spiro atoms. The van der Waals surface area contributed by atoms with Crippen molar-refractivity contribution < 1.29 is 9.59 Å². The highest BCUT2D eigenvalue weighted by atomic mass is 35.5. The third-order valence-corrected chi connectivity index (χ3v) is 2.48. The minimum atomic E-state index is -0.458. The van der Waals surface area contributed by atoms with Crippen LogP contribution in [-0.4, -0.2) is 37.0 Å². The molecule has 0 aliphatic carbocycles. The zero-order valence-corrected chi connectivity index (χ0v) is 10.5.